The minimum absolute atomic E-state index is 0.790. The normalized spacial score (nSPS) is 13.6. The van der Waals surface area contributed by atoms with Crippen molar-refractivity contribution in [1.29, 1.82) is 0 Å². The maximum absolute atomic E-state index is 5.98. The fraction of sp³-hybridized carbons (Fsp3) is 1.00. The number of halogens is 1. The molecule has 0 aromatic heterocycles. The zero-order chi connectivity index (χ0) is 9.12. The summed E-state index contributed by atoms with van der Waals surface area (Å²) < 4.78 is 11.6. The molecule has 0 spiro atoms. The molecule has 0 aliphatic rings. The molecular weight excluding hydrogens is 421 g/mol. The Balaban J connectivity index is 3.91. The van der Waals surface area contributed by atoms with Crippen molar-refractivity contribution in [3.63, 3.8) is 0 Å². The van der Waals surface area contributed by atoms with E-state index >= 15 is 0 Å². The van der Waals surface area contributed by atoms with Gasteiger partial charge in [0.05, 0.1) is 0 Å². The predicted molar refractivity (Wildman–Crippen MR) is 56.6 cm³/mol. The van der Waals surface area contributed by atoms with Gasteiger partial charge in [0.25, 0.3) is 0 Å². The van der Waals surface area contributed by atoms with Crippen LogP contribution in [0, 0.1) is 0 Å². The zero-order valence-corrected chi connectivity index (χ0v) is 15.2. The van der Waals surface area contributed by atoms with Crippen molar-refractivity contribution in [3.05, 3.63) is 0 Å². The molecule has 0 aliphatic carbocycles. The van der Waals surface area contributed by atoms with Gasteiger partial charge in [-0.05, 0) is 0 Å². The summed E-state index contributed by atoms with van der Waals surface area (Å²) >= 11 is -1.07. The SMILES string of the molecule is CC[O][Sn]([CH3])([CH3])[O][Sn]([CH3])([CH3])[Br]. The molecule has 0 amide bonds. The van der Waals surface area contributed by atoms with Gasteiger partial charge in [-0.25, -0.2) is 0 Å². The van der Waals surface area contributed by atoms with Crippen LogP contribution in [0.5, 0.6) is 0 Å². The van der Waals surface area contributed by atoms with Crippen LogP contribution in [0.25, 0.3) is 0 Å². The summed E-state index contributed by atoms with van der Waals surface area (Å²) in [5.41, 5.74) is 0. The van der Waals surface area contributed by atoms with Crippen molar-refractivity contribution in [2.24, 2.45) is 0 Å². The van der Waals surface area contributed by atoms with Gasteiger partial charge in [-0.1, -0.05) is 0 Å². The predicted octanol–water partition coefficient (Wildman–Crippen LogP) is 2.84. The van der Waals surface area contributed by atoms with Crippen LogP contribution in [0.1, 0.15) is 6.92 Å². The molecule has 68 valence electrons. The molecule has 0 aromatic rings. The molecule has 11 heavy (non-hydrogen) atoms. The topological polar surface area (TPSA) is 18.5 Å². The van der Waals surface area contributed by atoms with E-state index in [9.17, 15) is 0 Å². The molecule has 0 unspecified atom stereocenters. The van der Waals surface area contributed by atoms with E-state index in [0.717, 1.165) is 6.61 Å². The summed E-state index contributed by atoms with van der Waals surface area (Å²) in [4.78, 5) is 8.73. The molecule has 5 heteroatoms. The van der Waals surface area contributed by atoms with Crippen molar-refractivity contribution in [3.8, 4) is 0 Å². The molecule has 0 radical (unpaired) electrons. The molecule has 0 heterocycles. The fourth-order valence-electron chi connectivity index (χ4n) is 0.962. The molecule has 0 rings (SSSR count). The first-order valence-electron chi connectivity index (χ1n) is 3.80. The van der Waals surface area contributed by atoms with Crippen LogP contribution in [-0.4, -0.2) is 42.4 Å². The van der Waals surface area contributed by atoms with Gasteiger partial charge in [-0.15, -0.1) is 0 Å². The molecular formula is C6H17BrO2Sn2. The Labute approximate surface area is 85.2 Å². The Morgan fingerprint density at radius 2 is 1.64 bits per heavy atom. The van der Waals surface area contributed by atoms with Crippen LogP contribution < -0.4 is 0 Å². The zero-order valence-electron chi connectivity index (χ0n) is 7.90. The summed E-state index contributed by atoms with van der Waals surface area (Å²) in [6.45, 7) is 2.82. The average molecular weight is 439 g/mol. The third-order valence-electron chi connectivity index (χ3n) is 0.980. The van der Waals surface area contributed by atoms with Gasteiger partial charge in [-0.2, -0.15) is 0 Å². The van der Waals surface area contributed by atoms with Gasteiger partial charge in [-0.3, -0.25) is 0 Å². The Morgan fingerprint density at radius 1 is 1.18 bits per heavy atom. The van der Waals surface area contributed by atoms with E-state index in [-0.39, 0.29) is 0 Å². The van der Waals surface area contributed by atoms with Gasteiger partial charge in [0.1, 0.15) is 0 Å². The molecule has 0 saturated carbocycles. The van der Waals surface area contributed by atoms with Gasteiger partial charge >= 0.3 is 86.3 Å². The first-order chi connectivity index (χ1) is 4.77. The van der Waals surface area contributed by atoms with Crippen molar-refractivity contribution in [2.75, 3.05) is 6.61 Å². The van der Waals surface area contributed by atoms with Gasteiger partial charge in [0.2, 0.25) is 0 Å². The summed E-state index contributed by atoms with van der Waals surface area (Å²) in [7, 11) is 0. The summed E-state index contributed by atoms with van der Waals surface area (Å²) in [6.07, 6.45) is 0. The second-order valence-electron chi connectivity index (χ2n) is 3.30. The molecule has 0 fully saturated rings. The molecule has 2 nitrogen and oxygen atoms in total. The van der Waals surface area contributed by atoms with E-state index in [4.69, 9.17) is 4.49 Å². The van der Waals surface area contributed by atoms with Crippen LogP contribution in [0.2, 0.25) is 19.8 Å². The van der Waals surface area contributed by atoms with Crippen molar-refractivity contribution < 1.29 is 4.49 Å². The quantitative estimate of drug-likeness (QED) is 0.629. The van der Waals surface area contributed by atoms with Crippen LogP contribution in [0.3, 0.4) is 0 Å². The Kier molecular flexibility index (Phi) is 5.93. The van der Waals surface area contributed by atoms with Crippen molar-refractivity contribution >= 4 is 48.5 Å². The summed E-state index contributed by atoms with van der Waals surface area (Å²) in [6, 6.07) is 0. The van der Waals surface area contributed by atoms with Gasteiger partial charge < -0.3 is 0 Å². The van der Waals surface area contributed by atoms with Crippen LogP contribution in [-0.2, 0) is 4.49 Å². The first kappa shape index (κ1) is 13.0. The third kappa shape index (κ3) is 8.33. The Hall–Kier alpha value is 2.00. The summed E-state index contributed by atoms with van der Waals surface area (Å²) in [5, 5.41) is 0. The third-order valence-corrected chi connectivity index (χ3v) is 32.6. The van der Waals surface area contributed by atoms with E-state index < -0.39 is 35.8 Å². The molecule has 0 bridgehead atoms. The minimum atomic E-state index is -2.50. The number of rotatable bonds is 4. The average Bonchev–Trinajstić information content (AvgIpc) is 1.55. The molecule has 0 saturated heterocycles. The number of hydrogen-bond donors (Lipinski definition) is 0. The Bertz CT molecular complexity index is 122. The first-order valence-corrected chi connectivity index (χ1v) is 25.1. The van der Waals surface area contributed by atoms with Crippen LogP contribution in [0.15, 0.2) is 0 Å². The van der Waals surface area contributed by atoms with E-state index in [1.165, 1.54) is 0 Å². The van der Waals surface area contributed by atoms with E-state index in [1.54, 1.807) is 0 Å². The van der Waals surface area contributed by atoms with E-state index in [1.807, 2.05) is 6.92 Å². The molecule has 0 N–H and O–H groups in total. The fourth-order valence-corrected chi connectivity index (χ4v) is 47.5. The van der Waals surface area contributed by atoms with Crippen molar-refractivity contribution in [1.82, 2.24) is 0 Å². The van der Waals surface area contributed by atoms with E-state index in [0.29, 0.717) is 0 Å². The second-order valence-corrected chi connectivity index (χ2v) is 37.2. The molecule has 0 atom stereocenters. The van der Waals surface area contributed by atoms with Gasteiger partial charge in [0.15, 0.2) is 0 Å². The Morgan fingerprint density at radius 3 is 1.91 bits per heavy atom. The summed E-state index contributed by atoms with van der Waals surface area (Å²) in [5.74, 6) is 0. The van der Waals surface area contributed by atoms with Gasteiger partial charge in [0, 0.05) is 0 Å². The van der Waals surface area contributed by atoms with Crippen LogP contribution >= 0.6 is 12.7 Å². The van der Waals surface area contributed by atoms with Crippen LogP contribution in [0.4, 0.5) is 0 Å². The number of hydrogen-bond acceptors (Lipinski definition) is 2. The van der Waals surface area contributed by atoms with Crippen molar-refractivity contribution in [2.45, 2.75) is 26.7 Å². The maximum atomic E-state index is 5.98. The molecule has 0 aliphatic heterocycles. The standard InChI is InChI=1S/C2H5O.4CH3.BrH.O.2Sn/c1-2-3;;;;;;;;/h2H2,1H3;4*1H3;1H;;;/q-1;;;;;;;2*+1/p-1. The monoisotopic (exact) mass is 440 g/mol. The molecule has 0 aromatic carbocycles. The van der Waals surface area contributed by atoms with E-state index in [2.05, 4.69) is 32.5 Å². The second kappa shape index (κ2) is 5.02.